The van der Waals surface area contributed by atoms with Gasteiger partial charge >= 0.3 is 0 Å². The Morgan fingerprint density at radius 3 is 2.42 bits per heavy atom. The highest BCUT2D eigenvalue weighted by Gasteiger charge is 2.22. The Kier molecular flexibility index (Phi) is 7.53. The molecule has 1 unspecified atom stereocenters. The SMILES string of the molecule is NCc1cccc(CC(C(=O)Nc2ccc(N3CCCCCC3=O)cc2)c2ccccc2)c1. The summed E-state index contributed by atoms with van der Waals surface area (Å²) in [7, 11) is 0. The van der Waals surface area contributed by atoms with E-state index in [1.807, 2.05) is 77.7 Å². The summed E-state index contributed by atoms with van der Waals surface area (Å²) in [6, 6.07) is 25.5. The fourth-order valence-corrected chi connectivity index (χ4v) is 4.38. The molecule has 5 heteroatoms. The van der Waals surface area contributed by atoms with Gasteiger partial charge in [0, 0.05) is 30.9 Å². The first kappa shape index (κ1) is 22.7. The Balaban J connectivity index is 1.51. The predicted molar refractivity (Wildman–Crippen MR) is 133 cm³/mol. The van der Waals surface area contributed by atoms with E-state index in [9.17, 15) is 9.59 Å². The van der Waals surface area contributed by atoms with Crippen molar-refractivity contribution in [2.24, 2.45) is 5.73 Å². The Morgan fingerprint density at radius 2 is 1.67 bits per heavy atom. The molecule has 0 aliphatic carbocycles. The molecule has 0 saturated carbocycles. The number of nitrogens with one attached hydrogen (secondary N) is 1. The van der Waals surface area contributed by atoms with Crippen molar-refractivity contribution in [1.82, 2.24) is 0 Å². The Bertz CT molecular complexity index is 1080. The van der Waals surface area contributed by atoms with Crippen molar-refractivity contribution in [1.29, 1.82) is 0 Å². The number of nitrogens with zero attached hydrogens (tertiary/aromatic N) is 1. The van der Waals surface area contributed by atoms with Crippen LogP contribution in [0.2, 0.25) is 0 Å². The molecule has 1 fully saturated rings. The number of benzene rings is 3. The summed E-state index contributed by atoms with van der Waals surface area (Å²) in [6.07, 6.45) is 4.25. The van der Waals surface area contributed by atoms with Gasteiger partial charge in [0.2, 0.25) is 11.8 Å². The number of hydrogen-bond acceptors (Lipinski definition) is 3. The standard InChI is InChI=1S/C28H31N3O2/c29-20-22-9-7-8-21(18-22)19-26(23-10-3-1-4-11-23)28(33)30-24-13-15-25(16-14-24)31-17-6-2-5-12-27(31)32/h1,3-4,7-11,13-16,18,26H,2,5-6,12,17,19-20,29H2,(H,30,33). The van der Waals surface area contributed by atoms with E-state index >= 15 is 0 Å². The van der Waals surface area contributed by atoms with Crippen molar-refractivity contribution < 1.29 is 9.59 Å². The Morgan fingerprint density at radius 1 is 0.909 bits per heavy atom. The second kappa shape index (κ2) is 10.9. The molecule has 0 radical (unpaired) electrons. The van der Waals surface area contributed by atoms with E-state index < -0.39 is 0 Å². The molecule has 0 spiro atoms. The lowest BCUT2D eigenvalue weighted by Crippen LogP contribution is -2.29. The number of amides is 2. The van der Waals surface area contributed by atoms with Gasteiger partial charge in [-0.25, -0.2) is 0 Å². The molecule has 0 bridgehead atoms. The maximum absolute atomic E-state index is 13.4. The molecule has 1 saturated heterocycles. The number of nitrogens with two attached hydrogens (primary N) is 1. The minimum atomic E-state index is -0.328. The van der Waals surface area contributed by atoms with Crippen LogP contribution in [0.15, 0.2) is 78.9 Å². The zero-order chi connectivity index (χ0) is 23.0. The van der Waals surface area contributed by atoms with Gasteiger partial charge in [0.05, 0.1) is 5.92 Å². The average molecular weight is 442 g/mol. The maximum atomic E-state index is 13.4. The van der Waals surface area contributed by atoms with Crippen molar-refractivity contribution >= 4 is 23.2 Å². The number of hydrogen-bond donors (Lipinski definition) is 2. The van der Waals surface area contributed by atoms with E-state index in [0.717, 1.165) is 53.9 Å². The summed E-state index contributed by atoms with van der Waals surface area (Å²) in [6.45, 7) is 1.23. The number of carbonyl (C=O) groups is 2. The summed E-state index contributed by atoms with van der Waals surface area (Å²) < 4.78 is 0. The zero-order valence-electron chi connectivity index (χ0n) is 18.9. The molecular formula is C28H31N3O2. The van der Waals surface area contributed by atoms with Crippen molar-refractivity contribution in [3.05, 3.63) is 95.6 Å². The lowest BCUT2D eigenvalue weighted by Gasteiger charge is -2.21. The van der Waals surface area contributed by atoms with Crippen molar-refractivity contribution in [2.75, 3.05) is 16.8 Å². The highest BCUT2D eigenvalue weighted by Crippen LogP contribution is 2.26. The molecule has 3 aromatic carbocycles. The van der Waals surface area contributed by atoms with E-state index in [1.165, 1.54) is 0 Å². The smallest absolute Gasteiger partial charge is 0.232 e. The van der Waals surface area contributed by atoms with E-state index in [2.05, 4.69) is 11.4 Å². The maximum Gasteiger partial charge on any atom is 0.232 e. The lowest BCUT2D eigenvalue weighted by atomic mass is 9.90. The molecule has 1 aliphatic heterocycles. The minimum absolute atomic E-state index is 0.0575. The minimum Gasteiger partial charge on any atom is -0.326 e. The molecule has 2 amide bonds. The summed E-state index contributed by atoms with van der Waals surface area (Å²) in [4.78, 5) is 27.6. The van der Waals surface area contributed by atoms with Crippen LogP contribution in [0.5, 0.6) is 0 Å². The van der Waals surface area contributed by atoms with Crippen LogP contribution in [-0.4, -0.2) is 18.4 Å². The van der Waals surface area contributed by atoms with Crippen LogP contribution in [-0.2, 0) is 22.6 Å². The van der Waals surface area contributed by atoms with Gasteiger partial charge in [-0.3, -0.25) is 9.59 Å². The Hall–Kier alpha value is -3.44. The van der Waals surface area contributed by atoms with Crippen LogP contribution in [0.4, 0.5) is 11.4 Å². The first-order chi connectivity index (χ1) is 16.1. The molecule has 3 aromatic rings. The van der Waals surface area contributed by atoms with Gasteiger partial charge < -0.3 is 16.0 Å². The van der Waals surface area contributed by atoms with Gasteiger partial charge in [-0.15, -0.1) is 0 Å². The van der Waals surface area contributed by atoms with Crippen LogP contribution >= 0.6 is 0 Å². The monoisotopic (exact) mass is 441 g/mol. The Labute approximate surface area is 195 Å². The largest absolute Gasteiger partial charge is 0.326 e. The third kappa shape index (κ3) is 5.88. The quantitative estimate of drug-likeness (QED) is 0.541. The van der Waals surface area contributed by atoms with E-state index in [1.54, 1.807) is 0 Å². The molecule has 5 nitrogen and oxygen atoms in total. The van der Waals surface area contributed by atoms with Crippen molar-refractivity contribution in [2.45, 2.75) is 44.6 Å². The molecule has 170 valence electrons. The molecule has 4 rings (SSSR count). The third-order valence-corrected chi connectivity index (χ3v) is 6.21. The fourth-order valence-electron chi connectivity index (χ4n) is 4.38. The molecule has 1 aliphatic rings. The zero-order valence-corrected chi connectivity index (χ0v) is 18.9. The molecule has 1 atom stereocenters. The van der Waals surface area contributed by atoms with Crippen LogP contribution in [0.1, 0.15) is 48.3 Å². The van der Waals surface area contributed by atoms with Gasteiger partial charge in [0.1, 0.15) is 0 Å². The van der Waals surface area contributed by atoms with Gasteiger partial charge in [-0.2, -0.15) is 0 Å². The van der Waals surface area contributed by atoms with Crippen LogP contribution in [0, 0.1) is 0 Å². The molecule has 1 heterocycles. The average Bonchev–Trinajstić information content (AvgIpc) is 3.08. The second-order valence-corrected chi connectivity index (χ2v) is 8.58. The fraction of sp³-hybridized carbons (Fsp3) is 0.286. The van der Waals surface area contributed by atoms with E-state index in [-0.39, 0.29) is 17.7 Å². The molecule has 3 N–H and O–H groups in total. The first-order valence-electron chi connectivity index (χ1n) is 11.7. The number of carbonyl (C=O) groups excluding carboxylic acids is 2. The highest BCUT2D eigenvalue weighted by molar-refractivity contribution is 5.97. The van der Waals surface area contributed by atoms with Crippen LogP contribution in [0.3, 0.4) is 0 Å². The summed E-state index contributed by atoms with van der Waals surface area (Å²) in [5, 5.41) is 3.08. The topological polar surface area (TPSA) is 75.4 Å². The second-order valence-electron chi connectivity index (χ2n) is 8.58. The van der Waals surface area contributed by atoms with Crippen LogP contribution in [0.25, 0.3) is 0 Å². The molecular weight excluding hydrogens is 410 g/mol. The van der Waals surface area contributed by atoms with Gasteiger partial charge in [0.25, 0.3) is 0 Å². The summed E-state index contributed by atoms with van der Waals surface area (Å²) >= 11 is 0. The summed E-state index contributed by atoms with van der Waals surface area (Å²) in [5.41, 5.74) is 10.5. The third-order valence-electron chi connectivity index (χ3n) is 6.21. The number of rotatable bonds is 7. The van der Waals surface area contributed by atoms with Crippen LogP contribution < -0.4 is 16.0 Å². The molecule has 33 heavy (non-hydrogen) atoms. The highest BCUT2D eigenvalue weighted by atomic mass is 16.2. The van der Waals surface area contributed by atoms with Crippen molar-refractivity contribution in [3.63, 3.8) is 0 Å². The van der Waals surface area contributed by atoms with Crippen molar-refractivity contribution in [3.8, 4) is 0 Å². The first-order valence-corrected chi connectivity index (χ1v) is 11.7. The van der Waals surface area contributed by atoms with Gasteiger partial charge in [0.15, 0.2) is 0 Å². The van der Waals surface area contributed by atoms with Gasteiger partial charge in [-0.1, -0.05) is 61.0 Å². The van der Waals surface area contributed by atoms with Gasteiger partial charge in [-0.05, 0) is 60.2 Å². The molecule has 0 aromatic heterocycles. The predicted octanol–water partition coefficient (Wildman–Crippen LogP) is 5.02. The van der Waals surface area contributed by atoms with E-state index in [0.29, 0.717) is 19.4 Å². The summed E-state index contributed by atoms with van der Waals surface area (Å²) in [5.74, 6) is -0.211. The van der Waals surface area contributed by atoms with E-state index in [4.69, 9.17) is 5.73 Å². The normalized spacial score (nSPS) is 15.1. The number of anilines is 2. The lowest BCUT2D eigenvalue weighted by molar-refractivity contribution is -0.118.